The van der Waals surface area contributed by atoms with Crippen molar-refractivity contribution in [3.8, 4) is 17.4 Å². The average molecular weight is 420 g/mol. The number of nitrogens with one attached hydrogen (secondary N) is 1. The molecule has 0 aliphatic rings. The van der Waals surface area contributed by atoms with Crippen LogP contribution in [0.1, 0.15) is 21.7 Å². The van der Waals surface area contributed by atoms with Gasteiger partial charge in [-0.1, -0.05) is 11.6 Å². The second kappa shape index (κ2) is 8.34. The van der Waals surface area contributed by atoms with Gasteiger partial charge in [-0.2, -0.15) is 5.10 Å². The van der Waals surface area contributed by atoms with Crippen LogP contribution in [0.3, 0.4) is 0 Å². The zero-order valence-corrected chi connectivity index (χ0v) is 17.1. The molecule has 0 unspecified atom stereocenters. The maximum atomic E-state index is 12.5. The minimum absolute atomic E-state index is 0.282. The first-order chi connectivity index (χ1) is 14.5. The van der Waals surface area contributed by atoms with Gasteiger partial charge in [-0.05, 0) is 62.4 Å². The summed E-state index contributed by atoms with van der Waals surface area (Å²) in [5, 5.41) is 7.82. The summed E-state index contributed by atoms with van der Waals surface area (Å²) in [6.45, 7) is 3.88. The molecule has 4 aromatic rings. The van der Waals surface area contributed by atoms with Crippen molar-refractivity contribution >= 4 is 23.2 Å². The first-order valence-corrected chi connectivity index (χ1v) is 9.56. The Morgan fingerprint density at radius 3 is 2.40 bits per heavy atom. The van der Waals surface area contributed by atoms with E-state index in [1.165, 1.54) is 12.4 Å². The van der Waals surface area contributed by atoms with Crippen molar-refractivity contribution in [1.82, 2.24) is 19.7 Å². The van der Waals surface area contributed by atoms with Gasteiger partial charge in [-0.15, -0.1) is 0 Å². The molecule has 3 heterocycles. The van der Waals surface area contributed by atoms with E-state index in [-0.39, 0.29) is 5.91 Å². The molecular weight excluding hydrogens is 402 g/mol. The Kier molecular flexibility index (Phi) is 5.45. The van der Waals surface area contributed by atoms with Crippen LogP contribution in [-0.4, -0.2) is 25.7 Å². The molecule has 8 heteroatoms. The highest BCUT2D eigenvalue weighted by molar-refractivity contribution is 6.30. The number of ether oxygens (including phenoxy) is 1. The van der Waals surface area contributed by atoms with Gasteiger partial charge in [0.15, 0.2) is 5.82 Å². The van der Waals surface area contributed by atoms with Crippen LogP contribution in [0, 0.1) is 13.8 Å². The van der Waals surface area contributed by atoms with Crippen LogP contribution in [0.2, 0.25) is 5.02 Å². The molecule has 0 atom stereocenters. The van der Waals surface area contributed by atoms with E-state index in [0.717, 1.165) is 11.4 Å². The smallest absolute Gasteiger partial charge is 0.257 e. The summed E-state index contributed by atoms with van der Waals surface area (Å²) in [7, 11) is 0. The quantitative estimate of drug-likeness (QED) is 0.493. The van der Waals surface area contributed by atoms with E-state index in [1.54, 1.807) is 53.2 Å². The molecule has 0 bridgehead atoms. The van der Waals surface area contributed by atoms with Crippen molar-refractivity contribution in [2.45, 2.75) is 13.8 Å². The van der Waals surface area contributed by atoms with E-state index in [4.69, 9.17) is 16.3 Å². The Morgan fingerprint density at radius 2 is 1.80 bits per heavy atom. The largest absolute Gasteiger partial charge is 0.439 e. The Bertz CT molecular complexity index is 1170. The number of hydrogen-bond donors (Lipinski definition) is 1. The van der Waals surface area contributed by atoms with Crippen LogP contribution in [0.4, 0.5) is 5.69 Å². The van der Waals surface area contributed by atoms with Gasteiger partial charge in [-0.3, -0.25) is 4.79 Å². The Labute approximate surface area is 178 Å². The summed E-state index contributed by atoms with van der Waals surface area (Å²) < 4.78 is 7.38. The van der Waals surface area contributed by atoms with Crippen LogP contribution in [0.25, 0.3) is 5.82 Å². The standard InChI is InChI=1S/C22H18ClN5O2/c1-14-11-15(2)28(27-14)20-9-3-16(12-24-20)22(29)26-18-6-10-21(25-13-18)30-19-7-4-17(23)5-8-19/h3-13H,1-2H3,(H,26,29). The van der Waals surface area contributed by atoms with Crippen molar-refractivity contribution in [2.24, 2.45) is 0 Å². The fourth-order valence-electron chi connectivity index (χ4n) is 2.85. The number of nitrogens with zero attached hydrogens (tertiary/aromatic N) is 4. The van der Waals surface area contributed by atoms with Crippen molar-refractivity contribution < 1.29 is 9.53 Å². The van der Waals surface area contributed by atoms with Gasteiger partial charge < -0.3 is 10.1 Å². The molecule has 150 valence electrons. The number of rotatable bonds is 5. The number of amides is 1. The third-order valence-electron chi connectivity index (χ3n) is 4.27. The number of carbonyl (C=O) groups is 1. The molecule has 7 nitrogen and oxygen atoms in total. The summed E-state index contributed by atoms with van der Waals surface area (Å²) >= 11 is 5.86. The van der Waals surface area contributed by atoms with Gasteiger partial charge in [0.2, 0.25) is 5.88 Å². The average Bonchev–Trinajstić information content (AvgIpc) is 3.09. The van der Waals surface area contributed by atoms with Crippen LogP contribution < -0.4 is 10.1 Å². The fourth-order valence-corrected chi connectivity index (χ4v) is 2.97. The normalized spacial score (nSPS) is 10.6. The minimum atomic E-state index is -0.282. The topological polar surface area (TPSA) is 81.9 Å². The summed E-state index contributed by atoms with van der Waals surface area (Å²) in [6.07, 6.45) is 3.05. The van der Waals surface area contributed by atoms with Crippen molar-refractivity contribution in [3.63, 3.8) is 0 Å². The number of halogens is 1. The van der Waals surface area contributed by atoms with E-state index in [2.05, 4.69) is 20.4 Å². The zero-order chi connectivity index (χ0) is 21.1. The van der Waals surface area contributed by atoms with Gasteiger partial charge in [0, 0.05) is 23.0 Å². The maximum absolute atomic E-state index is 12.5. The van der Waals surface area contributed by atoms with Gasteiger partial charge in [0.25, 0.3) is 5.91 Å². The monoisotopic (exact) mass is 419 g/mol. The van der Waals surface area contributed by atoms with E-state index < -0.39 is 0 Å². The number of pyridine rings is 2. The van der Waals surface area contributed by atoms with Crippen molar-refractivity contribution in [3.05, 3.63) is 89.0 Å². The van der Waals surface area contributed by atoms with Crippen molar-refractivity contribution in [1.29, 1.82) is 0 Å². The minimum Gasteiger partial charge on any atom is -0.439 e. The van der Waals surface area contributed by atoms with Crippen LogP contribution in [0.5, 0.6) is 11.6 Å². The molecule has 1 amide bonds. The number of hydrogen-bond acceptors (Lipinski definition) is 5. The predicted molar refractivity (Wildman–Crippen MR) is 115 cm³/mol. The molecule has 0 saturated heterocycles. The lowest BCUT2D eigenvalue weighted by molar-refractivity contribution is 0.102. The second-order valence-electron chi connectivity index (χ2n) is 6.64. The number of carbonyl (C=O) groups excluding carboxylic acids is 1. The molecule has 0 radical (unpaired) electrons. The number of anilines is 1. The number of aromatic nitrogens is 4. The molecule has 1 N–H and O–H groups in total. The zero-order valence-electron chi connectivity index (χ0n) is 16.3. The molecule has 0 fully saturated rings. The molecule has 0 spiro atoms. The highest BCUT2D eigenvalue weighted by atomic mass is 35.5. The van der Waals surface area contributed by atoms with Crippen molar-refractivity contribution in [2.75, 3.05) is 5.32 Å². The van der Waals surface area contributed by atoms with Gasteiger partial charge >= 0.3 is 0 Å². The van der Waals surface area contributed by atoms with Crippen LogP contribution in [-0.2, 0) is 0 Å². The summed E-state index contributed by atoms with van der Waals surface area (Å²) in [5.41, 5.74) is 2.86. The molecule has 0 saturated carbocycles. The lowest BCUT2D eigenvalue weighted by atomic mass is 10.2. The van der Waals surface area contributed by atoms with E-state index in [1.807, 2.05) is 19.9 Å². The van der Waals surface area contributed by atoms with Gasteiger partial charge in [0.1, 0.15) is 5.75 Å². The molecule has 0 aliphatic heterocycles. The molecule has 30 heavy (non-hydrogen) atoms. The first kappa shape index (κ1) is 19.6. The second-order valence-corrected chi connectivity index (χ2v) is 7.08. The Hall–Kier alpha value is -3.71. The first-order valence-electron chi connectivity index (χ1n) is 9.18. The molecule has 0 aliphatic carbocycles. The number of benzene rings is 1. The van der Waals surface area contributed by atoms with Gasteiger partial charge in [0.05, 0.1) is 23.1 Å². The van der Waals surface area contributed by atoms with Crippen LogP contribution in [0.15, 0.2) is 67.0 Å². The molecule has 3 aromatic heterocycles. The van der Waals surface area contributed by atoms with E-state index in [9.17, 15) is 4.79 Å². The molecule has 4 rings (SSSR count). The van der Waals surface area contributed by atoms with Gasteiger partial charge in [-0.25, -0.2) is 14.6 Å². The lowest BCUT2D eigenvalue weighted by Gasteiger charge is -2.08. The van der Waals surface area contributed by atoms with Crippen LogP contribution >= 0.6 is 11.6 Å². The summed E-state index contributed by atoms with van der Waals surface area (Å²) in [4.78, 5) is 21.1. The third-order valence-corrected chi connectivity index (χ3v) is 4.52. The summed E-state index contributed by atoms with van der Waals surface area (Å²) in [5.74, 6) is 1.40. The Morgan fingerprint density at radius 1 is 1.00 bits per heavy atom. The summed E-state index contributed by atoms with van der Waals surface area (Å²) in [6, 6.07) is 15.8. The highest BCUT2D eigenvalue weighted by Crippen LogP contribution is 2.22. The number of aryl methyl sites for hydroxylation is 2. The third kappa shape index (κ3) is 4.47. The highest BCUT2D eigenvalue weighted by Gasteiger charge is 2.10. The lowest BCUT2D eigenvalue weighted by Crippen LogP contribution is -2.13. The maximum Gasteiger partial charge on any atom is 0.257 e. The molecular formula is C22H18ClN5O2. The van der Waals surface area contributed by atoms with E-state index in [0.29, 0.717) is 33.7 Å². The predicted octanol–water partition coefficient (Wildman–Crippen LogP) is 4.98. The molecule has 1 aromatic carbocycles. The fraction of sp³-hybridized carbons (Fsp3) is 0.0909. The Balaban J connectivity index is 1.41. The SMILES string of the molecule is Cc1cc(C)n(-c2ccc(C(=O)Nc3ccc(Oc4ccc(Cl)cc4)nc3)cn2)n1. The van der Waals surface area contributed by atoms with E-state index >= 15 is 0 Å².